The van der Waals surface area contributed by atoms with E-state index in [1.54, 1.807) is 38.1 Å². The molecule has 0 saturated carbocycles. The van der Waals surface area contributed by atoms with Crippen molar-refractivity contribution in [1.29, 1.82) is 0 Å². The fourth-order valence-electron chi connectivity index (χ4n) is 3.32. The summed E-state index contributed by atoms with van der Waals surface area (Å²) in [5.41, 5.74) is -0.289. The number of hydrogen-bond acceptors (Lipinski definition) is 6. The van der Waals surface area contributed by atoms with Crippen LogP contribution in [-0.4, -0.2) is 44.4 Å². The second-order valence-electron chi connectivity index (χ2n) is 7.94. The monoisotopic (exact) mass is 477 g/mol. The number of hydrogen-bond donors (Lipinski definition) is 2. The van der Waals surface area contributed by atoms with Gasteiger partial charge in [0.15, 0.2) is 6.10 Å². The molecule has 3 rings (SSSR count). The van der Waals surface area contributed by atoms with Crippen LogP contribution in [0.2, 0.25) is 0 Å². The van der Waals surface area contributed by atoms with Gasteiger partial charge in [-0.1, -0.05) is 12.1 Å². The zero-order valence-corrected chi connectivity index (χ0v) is 19.1. The first kappa shape index (κ1) is 24.3. The highest BCUT2D eigenvalue weighted by atomic mass is 32.2. The van der Waals surface area contributed by atoms with Gasteiger partial charge in [-0.05, 0) is 57.2 Å². The van der Waals surface area contributed by atoms with E-state index in [1.165, 1.54) is 11.8 Å². The van der Waals surface area contributed by atoms with Crippen LogP contribution in [0.4, 0.5) is 15.8 Å². The number of nitrogens with zero attached hydrogens (tertiary/aromatic N) is 1. The van der Waals surface area contributed by atoms with Gasteiger partial charge in [0.2, 0.25) is 15.9 Å². The van der Waals surface area contributed by atoms with Crippen molar-refractivity contribution in [2.45, 2.75) is 43.7 Å². The van der Waals surface area contributed by atoms with E-state index in [9.17, 15) is 27.2 Å². The van der Waals surface area contributed by atoms with Gasteiger partial charge in [-0.2, -0.15) is 0 Å². The molecule has 0 aromatic heterocycles. The van der Waals surface area contributed by atoms with Gasteiger partial charge in [-0.15, -0.1) is 0 Å². The van der Waals surface area contributed by atoms with E-state index >= 15 is 0 Å². The van der Waals surface area contributed by atoms with Crippen molar-refractivity contribution in [1.82, 2.24) is 4.72 Å². The number of para-hydroxylation sites is 2. The third-order valence-corrected chi connectivity index (χ3v) is 6.61. The number of ether oxygens (including phenoxy) is 1. The Bertz CT molecular complexity index is 1180. The van der Waals surface area contributed by atoms with Gasteiger partial charge in [-0.3, -0.25) is 19.3 Å². The Balaban J connectivity index is 1.62. The molecule has 2 N–H and O–H groups in total. The Labute approximate surface area is 191 Å². The van der Waals surface area contributed by atoms with E-state index in [-0.39, 0.29) is 23.8 Å². The highest BCUT2D eigenvalue weighted by Gasteiger charge is 2.45. The fraction of sp³-hybridized carbons (Fsp3) is 0.318. The quantitative estimate of drug-likeness (QED) is 0.590. The zero-order chi connectivity index (χ0) is 24.4. The molecule has 2 aromatic rings. The van der Waals surface area contributed by atoms with E-state index in [1.807, 2.05) is 0 Å². The molecule has 0 saturated heterocycles. The maximum atomic E-state index is 13.1. The van der Waals surface area contributed by atoms with Crippen molar-refractivity contribution in [2.75, 3.05) is 16.8 Å². The number of esters is 1. The van der Waals surface area contributed by atoms with E-state index in [0.717, 1.165) is 24.3 Å². The Hall–Kier alpha value is -3.31. The van der Waals surface area contributed by atoms with Gasteiger partial charge in [-0.25, -0.2) is 17.5 Å². The van der Waals surface area contributed by atoms with Gasteiger partial charge in [0, 0.05) is 6.54 Å². The molecule has 0 fully saturated rings. The highest BCUT2D eigenvalue weighted by Crippen LogP contribution is 2.37. The Morgan fingerprint density at radius 2 is 1.79 bits per heavy atom. The van der Waals surface area contributed by atoms with E-state index in [4.69, 9.17) is 4.74 Å². The average Bonchev–Trinajstić information content (AvgIpc) is 2.74. The number of carbonyl (C=O) groups is 3. The lowest BCUT2D eigenvalue weighted by Crippen LogP contribution is -2.60. The summed E-state index contributed by atoms with van der Waals surface area (Å²) < 4.78 is 44.8. The lowest BCUT2D eigenvalue weighted by molar-refractivity contribution is -0.154. The number of nitrogens with one attached hydrogen (secondary N) is 2. The van der Waals surface area contributed by atoms with E-state index in [2.05, 4.69) is 10.0 Å². The highest BCUT2D eigenvalue weighted by molar-refractivity contribution is 7.89. The number of benzene rings is 2. The molecule has 11 heteroatoms. The molecule has 0 spiro atoms. The van der Waals surface area contributed by atoms with Gasteiger partial charge >= 0.3 is 5.97 Å². The summed E-state index contributed by atoms with van der Waals surface area (Å²) in [4.78, 5) is 39.0. The third kappa shape index (κ3) is 5.20. The van der Waals surface area contributed by atoms with Crippen LogP contribution in [0.15, 0.2) is 53.4 Å². The van der Waals surface area contributed by atoms with Crippen LogP contribution >= 0.6 is 0 Å². The molecule has 1 atom stereocenters. The first-order valence-corrected chi connectivity index (χ1v) is 11.6. The van der Waals surface area contributed by atoms with Gasteiger partial charge in [0.1, 0.15) is 11.4 Å². The minimum Gasteiger partial charge on any atom is -0.452 e. The normalized spacial score (nSPS) is 15.9. The Kier molecular flexibility index (Phi) is 6.84. The number of carbonyl (C=O) groups excluding carboxylic acids is 3. The molecule has 2 aromatic carbocycles. The molecule has 1 aliphatic rings. The molecule has 1 heterocycles. The summed E-state index contributed by atoms with van der Waals surface area (Å²) in [5.74, 6) is -2.36. The minimum atomic E-state index is -3.93. The van der Waals surface area contributed by atoms with Crippen LogP contribution in [0, 0.1) is 5.82 Å². The van der Waals surface area contributed by atoms with Crippen LogP contribution in [0.3, 0.4) is 0 Å². The summed E-state index contributed by atoms with van der Waals surface area (Å²) in [6.07, 6.45) is -1.55. The fourth-order valence-corrected chi connectivity index (χ4v) is 4.35. The van der Waals surface area contributed by atoms with E-state index < -0.39 is 39.4 Å². The first-order chi connectivity index (χ1) is 15.4. The van der Waals surface area contributed by atoms with Gasteiger partial charge < -0.3 is 10.1 Å². The van der Waals surface area contributed by atoms with Crippen molar-refractivity contribution in [3.05, 3.63) is 54.3 Å². The van der Waals surface area contributed by atoms with Crippen LogP contribution in [0.1, 0.15) is 27.2 Å². The molecule has 176 valence electrons. The molecule has 0 bridgehead atoms. The summed E-state index contributed by atoms with van der Waals surface area (Å²) in [6.45, 7) is 4.26. The Morgan fingerprint density at radius 1 is 1.15 bits per heavy atom. The molecular formula is C22H24FN3O6S. The van der Waals surface area contributed by atoms with Crippen molar-refractivity contribution < 1.29 is 31.9 Å². The molecular weight excluding hydrogens is 453 g/mol. The van der Waals surface area contributed by atoms with Crippen LogP contribution in [0.5, 0.6) is 0 Å². The topological polar surface area (TPSA) is 122 Å². The number of anilines is 2. The molecule has 0 aliphatic carbocycles. The van der Waals surface area contributed by atoms with Gasteiger partial charge in [0.25, 0.3) is 5.91 Å². The van der Waals surface area contributed by atoms with Crippen LogP contribution in [-0.2, 0) is 29.1 Å². The average molecular weight is 478 g/mol. The van der Waals surface area contributed by atoms with Crippen LogP contribution in [0.25, 0.3) is 0 Å². The lowest BCUT2D eigenvalue weighted by atomic mass is 9.95. The number of sulfonamides is 1. The van der Waals surface area contributed by atoms with Crippen molar-refractivity contribution in [3.63, 3.8) is 0 Å². The number of rotatable bonds is 7. The summed E-state index contributed by atoms with van der Waals surface area (Å²) in [5, 5.41) is 2.75. The predicted molar refractivity (Wildman–Crippen MR) is 118 cm³/mol. The van der Waals surface area contributed by atoms with Gasteiger partial charge in [0.05, 0.1) is 22.7 Å². The first-order valence-electron chi connectivity index (χ1n) is 10.1. The van der Waals surface area contributed by atoms with Crippen molar-refractivity contribution >= 4 is 39.2 Å². The summed E-state index contributed by atoms with van der Waals surface area (Å²) >= 11 is 0. The summed E-state index contributed by atoms with van der Waals surface area (Å²) in [7, 11) is -3.93. The third-order valence-electron chi connectivity index (χ3n) is 5.13. The van der Waals surface area contributed by atoms with Crippen molar-refractivity contribution in [2.24, 2.45) is 0 Å². The molecule has 1 aliphatic heterocycles. The second-order valence-corrected chi connectivity index (χ2v) is 9.70. The van der Waals surface area contributed by atoms with Crippen molar-refractivity contribution in [3.8, 4) is 0 Å². The number of fused-ring (bicyclic) bond motifs is 1. The smallest absolute Gasteiger partial charge is 0.307 e. The second kappa shape index (κ2) is 9.28. The zero-order valence-electron chi connectivity index (χ0n) is 18.3. The number of halogens is 1. The SMILES string of the molecule is C[C@@H](OC(=O)CCNS(=O)(=O)c1ccc(F)cc1)C(=O)N1c2ccccc2NC(=O)C1(C)C. The molecule has 0 radical (unpaired) electrons. The maximum absolute atomic E-state index is 13.1. The minimum absolute atomic E-state index is 0.148. The molecule has 2 amide bonds. The number of amides is 2. The van der Waals surface area contributed by atoms with Crippen LogP contribution < -0.4 is 14.9 Å². The van der Waals surface area contributed by atoms with E-state index in [0.29, 0.717) is 11.4 Å². The Morgan fingerprint density at radius 3 is 2.45 bits per heavy atom. The summed E-state index contributed by atoms with van der Waals surface area (Å²) in [6, 6.07) is 11.0. The molecule has 9 nitrogen and oxygen atoms in total. The largest absolute Gasteiger partial charge is 0.452 e. The predicted octanol–water partition coefficient (Wildman–Crippen LogP) is 2.19. The molecule has 0 unspecified atom stereocenters. The maximum Gasteiger partial charge on any atom is 0.307 e. The molecule has 33 heavy (non-hydrogen) atoms. The lowest BCUT2D eigenvalue weighted by Gasteiger charge is -2.42. The standard InChI is InChI=1S/C22H24FN3O6S/c1-14(20(28)26-18-7-5-4-6-17(18)25-21(29)22(26,2)3)32-19(27)12-13-24-33(30,31)16-10-8-15(23)9-11-16/h4-11,14,24H,12-13H2,1-3H3,(H,25,29)/t14-/m1/s1.